The molecule has 192 valence electrons. The lowest BCUT2D eigenvalue weighted by molar-refractivity contribution is -0.192. The molecule has 11 heteroatoms. The first-order valence-electron chi connectivity index (χ1n) is 11.2. The number of carboxylic acid groups (broad SMARTS) is 1. The van der Waals surface area contributed by atoms with Crippen molar-refractivity contribution in [3.8, 4) is 11.3 Å². The maximum Gasteiger partial charge on any atom is 0.490 e. The first-order chi connectivity index (χ1) is 17.0. The Bertz CT molecular complexity index is 1140. The molecule has 0 radical (unpaired) electrons. The quantitative estimate of drug-likeness (QED) is 0.551. The monoisotopic (exact) mass is 503 g/mol. The van der Waals surface area contributed by atoms with Gasteiger partial charge in [0.1, 0.15) is 0 Å². The molecular weight excluding hydrogens is 475 g/mol. The van der Waals surface area contributed by atoms with E-state index in [0.717, 1.165) is 43.1 Å². The highest BCUT2D eigenvalue weighted by Crippen LogP contribution is 2.20. The maximum atomic E-state index is 12.8. The van der Waals surface area contributed by atoms with Gasteiger partial charge in [-0.2, -0.15) is 18.3 Å². The van der Waals surface area contributed by atoms with Crippen molar-refractivity contribution >= 4 is 17.6 Å². The van der Waals surface area contributed by atoms with E-state index in [1.54, 1.807) is 4.90 Å². The second-order valence-corrected chi connectivity index (χ2v) is 8.45. The zero-order valence-electron chi connectivity index (χ0n) is 20.0. The van der Waals surface area contributed by atoms with Crippen LogP contribution in [-0.4, -0.2) is 83.4 Å². The summed E-state index contributed by atoms with van der Waals surface area (Å²) < 4.78 is 31.7. The smallest absolute Gasteiger partial charge is 0.475 e. The molecule has 3 aromatic rings. The third-order valence-electron chi connectivity index (χ3n) is 5.68. The molecule has 1 aliphatic rings. The summed E-state index contributed by atoms with van der Waals surface area (Å²) in [5.41, 5.74) is 4.74. The molecule has 1 aromatic heterocycles. The number of aliphatic carboxylic acids is 1. The lowest BCUT2D eigenvalue weighted by atomic mass is 10.1. The topological polar surface area (TPSA) is 92.8 Å². The Labute approximate surface area is 206 Å². The number of likely N-dealkylation sites (N-methyl/N-ethyl adjacent to an activating group) is 1. The van der Waals surface area contributed by atoms with E-state index in [1.165, 1.54) is 5.69 Å². The standard InChI is InChI=1S/C23H27N5O.C2HF3O2/c1-26-12-14-28(15-13-26)21-10-8-19(9-11-21)23(29)27(2)17-20-16-22(25-24-20)18-6-4-3-5-7-18;3-2(4,5)1(6)7/h3-11,16H,12-15,17H2,1-2H3,(H,24,25);(H,6,7). The molecule has 8 nitrogen and oxygen atoms in total. The van der Waals surface area contributed by atoms with Gasteiger partial charge in [-0.1, -0.05) is 30.3 Å². The van der Waals surface area contributed by atoms with Crippen molar-refractivity contribution in [1.82, 2.24) is 20.0 Å². The average molecular weight is 504 g/mol. The van der Waals surface area contributed by atoms with Gasteiger partial charge >= 0.3 is 12.1 Å². The summed E-state index contributed by atoms with van der Waals surface area (Å²) in [7, 11) is 3.97. The number of alkyl halides is 3. The van der Waals surface area contributed by atoms with Crippen LogP contribution in [0.25, 0.3) is 11.3 Å². The minimum Gasteiger partial charge on any atom is -0.475 e. The van der Waals surface area contributed by atoms with Gasteiger partial charge in [0.05, 0.1) is 17.9 Å². The van der Waals surface area contributed by atoms with Gasteiger partial charge in [0.15, 0.2) is 0 Å². The molecule has 4 rings (SSSR count). The lowest BCUT2D eigenvalue weighted by Gasteiger charge is -2.34. The first kappa shape index (κ1) is 26.7. The first-order valence-corrected chi connectivity index (χ1v) is 11.2. The van der Waals surface area contributed by atoms with Crippen molar-refractivity contribution in [2.75, 3.05) is 45.2 Å². The van der Waals surface area contributed by atoms with Crippen LogP contribution in [0.2, 0.25) is 0 Å². The Hall–Kier alpha value is -3.86. The van der Waals surface area contributed by atoms with E-state index in [4.69, 9.17) is 9.90 Å². The van der Waals surface area contributed by atoms with Gasteiger partial charge in [-0.15, -0.1) is 0 Å². The molecule has 0 aliphatic carbocycles. The van der Waals surface area contributed by atoms with Crippen molar-refractivity contribution < 1.29 is 27.9 Å². The maximum absolute atomic E-state index is 12.8. The molecule has 2 heterocycles. The lowest BCUT2D eigenvalue weighted by Crippen LogP contribution is -2.44. The van der Waals surface area contributed by atoms with Crippen LogP contribution >= 0.6 is 0 Å². The van der Waals surface area contributed by atoms with E-state index in [1.807, 2.05) is 55.6 Å². The molecule has 0 saturated carbocycles. The van der Waals surface area contributed by atoms with Crippen molar-refractivity contribution in [3.63, 3.8) is 0 Å². The summed E-state index contributed by atoms with van der Waals surface area (Å²) in [4.78, 5) is 28.1. The average Bonchev–Trinajstić information content (AvgIpc) is 3.33. The number of hydrogen-bond acceptors (Lipinski definition) is 5. The third kappa shape index (κ3) is 7.32. The number of anilines is 1. The summed E-state index contributed by atoms with van der Waals surface area (Å²) >= 11 is 0. The summed E-state index contributed by atoms with van der Waals surface area (Å²) in [6.07, 6.45) is -5.08. The Kier molecular flexibility index (Phi) is 8.70. The molecule has 0 atom stereocenters. The number of amides is 1. The molecule has 1 amide bonds. The molecule has 1 saturated heterocycles. The number of benzene rings is 2. The van der Waals surface area contributed by atoms with Crippen LogP contribution in [0.3, 0.4) is 0 Å². The molecular formula is C25H28F3N5O3. The van der Waals surface area contributed by atoms with Gasteiger partial charge in [0.25, 0.3) is 5.91 Å². The van der Waals surface area contributed by atoms with E-state index < -0.39 is 12.1 Å². The zero-order valence-corrected chi connectivity index (χ0v) is 20.0. The highest BCUT2D eigenvalue weighted by molar-refractivity contribution is 5.94. The van der Waals surface area contributed by atoms with Crippen LogP contribution in [0, 0.1) is 0 Å². The fourth-order valence-corrected chi connectivity index (χ4v) is 3.63. The Morgan fingerprint density at radius 2 is 1.61 bits per heavy atom. The molecule has 2 aromatic carbocycles. The van der Waals surface area contributed by atoms with Crippen LogP contribution in [0.15, 0.2) is 60.7 Å². The number of aromatic nitrogens is 2. The summed E-state index contributed by atoms with van der Waals surface area (Å²) in [5.74, 6) is -2.75. The number of aromatic amines is 1. The summed E-state index contributed by atoms with van der Waals surface area (Å²) in [6, 6.07) is 20.0. The van der Waals surface area contributed by atoms with Crippen LogP contribution in [0.4, 0.5) is 18.9 Å². The van der Waals surface area contributed by atoms with Gasteiger partial charge < -0.3 is 19.8 Å². The number of hydrogen-bond donors (Lipinski definition) is 2. The van der Waals surface area contributed by atoms with Crippen molar-refractivity contribution in [2.45, 2.75) is 12.7 Å². The van der Waals surface area contributed by atoms with Crippen LogP contribution in [0.1, 0.15) is 16.1 Å². The van der Waals surface area contributed by atoms with Crippen molar-refractivity contribution in [1.29, 1.82) is 0 Å². The van der Waals surface area contributed by atoms with Crippen LogP contribution in [-0.2, 0) is 11.3 Å². The van der Waals surface area contributed by atoms with E-state index in [0.29, 0.717) is 12.1 Å². The SMILES string of the molecule is CN1CCN(c2ccc(C(=O)N(C)Cc3cc(-c4ccccc4)n[nH]3)cc2)CC1.O=C(O)C(F)(F)F. The van der Waals surface area contributed by atoms with Gasteiger partial charge in [0.2, 0.25) is 0 Å². The number of nitrogens with one attached hydrogen (secondary N) is 1. The normalized spacial score (nSPS) is 14.1. The number of piperazine rings is 1. The Balaban J connectivity index is 0.000000454. The number of H-pyrrole nitrogens is 1. The molecule has 0 spiro atoms. The molecule has 1 fully saturated rings. The van der Waals surface area contributed by atoms with E-state index in [-0.39, 0.29) is 5.91 Å². The van der Waals surface area contributed by atoms with Crippen LogP contribution < -0.4 is 4.90 Å². The molecule has 2 N–H and O–H groups in total. The van der Waals surface area contributed by atoms with Gasteiger partial charge in [-0.25, -0.2) is 4.79 Å². The highest BCUT2D eigenvalue weighted by Gasteiger charge is 2.38. The summed E-state index contributed by atoms with van der Waals surface area (Å²) in [6.45, 7) is 4.66. The Morgan fingerprint density at radius 3 is 2.17 bits per heavy atom. The number of halogens is 3. The van der Waals surface area contributed by atoms with E-state index in [2.05, 4.69) is 39.2 Å². The van der Waals surface area contributed by atoms with Crippen molar-refractivity contribution in [3.05, 3.63) is 71.9 Å². The van der Waals surface area contributed by atoms with E-state index in [9.17, 15) is 18.0 Å². The van der Waals surface area contributed by atoms with Crippen LogP contribution in [0.5, 0.6) is 0 Å². The fourth-order valence-electron chi connectivity index (χ4n) is 3.63. The van der Waals surface area contributed by atoms with Gasteiger partial charge in [-0.3, -0.25) is 9.89 Å². The highest BCUT2D eigenvalue weighted by atomic mass is 19.4. The van der Waals surface area contributed by atoms with Crippen molar-refractivity contribution in [2.24, 2.45) is 0 Å². The minimum absolute atomic E-state index is 0.00536. The molecule has 0 bridgehead atoms. The molecule has 36 heavy (non-hydrogen) atoms. The van der Waals surface area contributed by atoms with E-state index >= 15 is 0 Å². The van der Waals surface area contributed by atoms with Gasteiger partial charge in [-0.05, 0) is 37.4 Å². The predicted octanol–water partition coefficient (Wildman–Crippen LogP) is 3.73. The molecule has 0 unspecified atom stereocenters. The number of nitrogens with zero attached hydrogens (tertiary/aromatic N) is 4. The predicted molar refractivity (Wildman–Crippen MR) is 130 cm³/mol. The minimum atomic E-state index is -5.08. The number of carbonyl (C=O) groups is 2. The third-order valence-corrected chi connectivity index (χ3v) is 5.68. The number of carbonyl (C=O) groups excluding carboxylic acids is 1. The zero-order chi connectivity index (χ0) is 26.3. The Morgan fingerprint density at radius 1 is 1.03 bits per heavy atom. The second-order valence-electron chi connectivity index (χ2n) is 8.45. The largest absolute Gasteiger partial charge is 0.490 e. The van der Waals surface area contributed by atoms with Gasteiger partial charge in [0, 0.05) is 50.0 Å². The fraction of sp³-hybridized carbons (Fsp3) is 0.320. The number of rotatable bonds is 5. The summed E-state index contributed by atoms with van der Waals surface area (Å²) in [5, 5.41) is 14.5. The second kappa shape index (κ2) is 11.7. The number of carboxylic acids is 1. The molecule has 1 aliphatic heterocycles.